The Hall–Kier alpha value is -0.772. The summed E-state index contributed by atoms with van der Waals surface area (Å²) in [6.45, 7) is 6.12. The van der Waals surface area contributed by atoms with Gasteiger partial charge in [-0.15, -0.1) is 0 Å². The van der Waals surface area contributed by atoms with Crippen molar-refractivity contribution in [1.82, 2.24) is 0 Å². The minimum absolute atomic E-state index is 0. The fraction of sp³-hybridized carbons (Fsp3) is 0.143. The van der Waals surface area contributed by atoms with Crippen LogP contribution in [0.15, 0.2) is 72.8 Å². The molecular formula is C21H21OPSm. The quantitative estimate of drug-likeness (QED) is 0.523. The van der Waals surface area contributed by atoms with E-state index in [-0.39, 0.29) is 40.4 Å². The van der Waals surface area contributed by atoms with E-state index < -0.39 is 7.14 Å². The first-order valence-electron chi connectivity index (χ1n) is 7.84. The number of benzene rings is 3. The van der Waals surface area contributed by atoms with E-state index in [0.717, 1.165) is 32.6 Å². The van der Waals surface area contributed by atoms with Crippen molar-refractivity contribution < 1.29 is 45.0 Å². The molecule has 0 fully saturated rings. The molecule has 24 heavy (non-hydrogen) atoms. The molecule has 0 aliphatic heterocycles. The average molecular weight is 471 g/mol. The first-order valence-corrected chi connectivity index (χ1v) is 9.54. The molecule has 122 valence electrons. The summed E-state index contributed by atoms with van der Waals surface area (Å²) in [6, 6.07) is 24.1. The SMILES string of the molecule is Cc1ccccc1P(=O)(c1ccccc1C)c1ccccc1C.[Sm]. The van der Waals surface area contributed by atoms with Crippen molar-refractivity contribution in [2.45, 2.75) is 20.8 Å². The van der Waals surface area contributed by atoms with Crippen LogP contribution in [0.4, 0.5) is 0 Å². The van der Waals surface area contributed by atoms with Crippen LogP contribution >= 0.6 is 7.14 Å². The van der Waals surface area contributed by atoms with Crippen LogP contribution in [0.2, 0.25) is 0 Å². The van der Waals surface area contributed by atoms with Gasteiger partial charge >= 0.3 is 0 Å². The first kappa shape index (κ1) is 19.6. The van der Waals surface area contributed by atoms with Crippen molar-refractivity contribution in [2.75, 3.05) is 0 Å². The Labute approximate surface area is 177 Å². The third-order valence-electron chi connectivity index (χ3n) is 4.36. The second kappa shape index (κ2) is 8.07. The molecule has 0 heterocycles. The molecule has 0 spiro atoms. The Bertz CT molecular complexity index is 784. The summed E-state index contributed by atoms with van der Waals surface area (Å²) in [5, 5.41) is 2.80. The molecule has 0 bridgehead atoms. The first-order chi connectivity index (χ1) is 11.0. The van der Waals surface area contributed by atoms with Gasteiger partial charge in [0.1, 0.15) is 0 Å². The van der Waals surface area contributed by atoms with E-state index in [2.05, 4.69) is 0 Å². The predicted octanol–water partition coefficient (Wildman–Crippen LogP) is 4.25. The van der Waals surface area contributed by atoms with Crippen molar-refractivity contribution in [3.05, 3.63) is 89.5 Å². The van der Waals surface area contributed by atoms with Crippen molar-refractivity contribution in [3.63, 3.8) is 0 Å². The van der Waals surface area contributed by atoms with Gasteiger partial charge in [-0.25, -0.2) is 0 Å². The molecule has 0 aromatic heterocycles. The smallest absolute Gasteiger partial charge is 0.171 e. The summed E-state index contributed by atoms with van der Waals surface area (Å²) in [4.78, 5) is 0. The zero-order chi connectivity index (χ0) is 16.4. The second-order valence-corrected chi connectivity index (χ2v) is 8.63. The van der Waals surface area contributed by atoms with Gasteiger partial charge in [-0.05, 0) is 37.5 Å². The van der Waals surface area contributed by atoms with Crippen molar-refractivity contribution in [3.8, 4) is 0 Å². The van der Waals surface area contributed by atoms with Gasteiger partial charge in [0.25, 0.3) is 0 Å². The molecule has 0 saturated heterocycles. The monoisotopic (exact) mass is 472 g/mol. The van der Waals surface area contributed by atoms with Crippen LogP contribution < -0.4 is 15.9 Å². The molecule has 1 nitrogen and oxygen atoms in total. The molecule has 0 radical (unpaired) electrons. The standard InChI is InChI=1S/C21H21OP.Sm/c1-16-10-4-7-13-19(16)23(22,20-14-8-5-11-17(20)2)21-15-9-6-12-18(21)3;/h4-15H,1-3H3;. The van der Waals surface area contributed by atoms with E-state index in [1.807, 2.05) is 93.6 Å². The molecule has 0 N–H and O–H groups in total. The van der Waals surface area contributed by atoms with E-state index >= 15 is 0 Å². The van der Waals surface area contributed by atoms with Crippen LogP contribution in [0.25, 0.3) is 0 Å². The molecule has 0 unspecified atom stereocenters. The molecule has 0 saturated carbocycles. The van der Waals surface area contributed by atoms with E-state index in [0.29, 0.717) is 0 Å². The van der Waals surface area contributed by atoms with Gasteiger partial charge in [-0.2, -0.15) is 0 Å². The topological polar surface area (TPSA) is 17.1 Å². The summed E-state index contributed by atoms with van der Waals surface area (Å²) in [6.07, 6.45) is 0. The van der Waals surface area contributed by atoms with Crippen LogP contribution in [0.3, 0.4) is 0 Å². The van der Waals surface area contributed by atoms with E-state index in [9.17, 15) is 4.57 Å². The molecule has 0 amide bonds. The van der Waals surface area contributed by atoms with Gasteiger partial charge in [0.05, 0.1) is 0 Å². The maximum atomic E-state index is 14.5. The number of aryl methyl sites for hydroxylation is 3. The predicted molar refractivity (Wildman–Crippen MR) is 100 cm³/mol. The minimum Gasteiger partial charge on any atom is -0.309 e. The normalized spacial score (nSPS) is 11.0. The van der Waals surface area contributed by atoms with Crippen molar-refractivity contribution >= 4 is 23.1 Å². The van der Waals surface area contributed by atoms with Gasteiger partial charge in [-0.3, -0.25) is 0 Å². The van der Waals surface area contributed by atoms with Crippen LogP contribution in [0.5, 0.6) is 0 Å². The van der Waals surface area contributed by atoms with E-state index in [1.54, 1.807) is 0 Å². The maximum Gasteiger partial charge on any atom is 0.171 e. The van der Waals surface area contributed by atoms with Crippen LogP contribution in [0, 0.1) is 61.2 Å². The Kier molecular flexibility index (Phi) is 6.57. The van der Waals surface area contributed by atoms with Crippen LogP contribution in [-0.4, -0.2) is 0 Å². The molecule has 3 aromatic rings. The van der Waals surface area contributed by atoms with Gasteiger partial charge in [-0.1, -0.05) is 72.8 Å². The fourth-order valence-electron chi connectivity index (χ4n) is 3.14. The fourth-order valence-corrected chi connectivity index (χ4v) is 6.52. The summed E-state index contributed by atoms with van der Waals surface area (Å²) < 4.78 is 14.5. The third-order valence-corrected chi connectivity index (χ3v) is 7.90. The third kappa shape index (κ3) is 3.44. The molecule has 0 atom stereocenters. The van der Waals surface area contributed by atoms with Gasteiger partial charge < -0.3 is 4.57 Å². The molecule has 0 aliphatic carbocycles. The van der Waals surface area contributed by atoms with Crippen LogP contribution in [-0.2, 0) is 4.57 Å². The van der Waals surface area contributed by atoms with Gasteiger partial charge in [0, 0.05) is 56.3 Å². The van der Waals surface area contributed by atoms with Gasteiger partial charge in [0.15, 0.2) is 7.14 Å². The average Bonchev–Trinajstić information content (AvgIpc) is 2.55. The molecule has 3 aromatic carbocycles. The molecule has 3 heteroatoms. The van der Waals surface area contributed by atoms with Crippen LogP contribution in [0.1, 0.15) is 16.7 Å². The summed E-state index contributed by atoms with van der Waals surface area (Å²) in [7, 11) is -2.89. The van der Waals surface area contributed by atoms with E-state index in [1.165, 1.54) is 0 Å². The Morgan fingerprint density at radius 1 is 0.542 bits per heavy atom. The second-order valence-electron chi connectivity index (χ2n) is 5.97. The van der Waals surface area contributed by atoms with E-state index in [4.69, 9.17) is 0 Å². The number of hydrogen-bond donors (Lipinski definition) is 0. The zero-order valence-electron chi connectivity index (χ0n) is 14.2. The molecule has 0 aliphatic rings. The minimum atomic E-state index is -2.89. The Balaban J connectivity index is 0.00000208. The molecular weight excluding hydrogens is 450 g/mol. The van der Waals surface area contributed by atoms with Crippen molar-refractivity contribution in [1.29, 1.82) is 0 Å². The number of hydrogen-bond acceptors (Lipinski definition) is 1. The number of rotatable bonds is 3. The van der Waals surface area contributed by atoms with Gasteiger partial charge in [0.2, 0.25) is 0 Å². The Morgan fingerprint density at radius 3 is 1.04 bits per heavy atom. The summed E-state index contributed by atoms with van der Waals surface area (Å²) >= 11 is 0. The molecule has 3 rings (SSSR count). The largest absolute Gasteiger partial charge is 0.309 e. The Morgan fingerprint density at radius 2 is 0.792 bits per heavy atom. The summed E-state index contributed by atoms with van der Waals surface area (Å²) in [5.74, 6) is 0. The zero-order valence-corrected chi connectivity index (χ0v) is 17.7. The van der Waals surface area contributed by atoms with Crippen molar-refractivity contribution in [2.24, 2.45) is 0 Å². The summed E-state index contributed by atoms with van der Waals surface area (Å²) in [5.41, 5.74) is 3.21. The maximum absolute atomic E-state index is 14.5.